The second-order valence-corrected chi connectivity index (χ2v) is 8.75. The lowest BCUT2D eigenvalue weighted by atomic mass is 10.0. The summed E-state index contributed by atoms with van der Waals surface area (Å²) in [4.78, 5) is 2.44. The van der Waals surface area contributed by atoms with Crippen LogP contribution in [-0.4, -0.2) is 56.5 Å². The molecule has 0 radical (unpaired) electrons. The summed E-state index contributed by atoms with van der Waals surface area (Å²) in [6.07, 6.45) is 5.75. The first-order valence-electron chi connectivity index (χ1n) is 8.23. The molecule has 2 unspecified atom stereocenters. The van der Waals surface area contributed by atoms with Crippen LogP contribution in [0.1, 0.15) is 46.0 Å². The fraction of sp³-hybridized carbons (Fsp3) is 1.00. The smallest absolute Gasteiger partial charge is 0.151 e. The van der Waals surface area contributed by atoms with Crippen molar-refractivity contribution in [2.45, 2.75) is 58.0 Å². The van der Waals surface area contributed by atoms with E-state index in [2.05, 4.69) is 17.1 Å². The van der Waals surface area contributed by atoms with Crippen molar-refractivity contribution in [2.24, 2.45) is 5.92 Å². The van der Waals surface area contributed by atoms with E-state index in [1.807, 2.05) is 6.92 Å². The minimum Gasteiger partial charge on any atom is -0.311 e. The van der Waals surface area contributed by atoms with Gasteiger partial charge in [0.1, 0.15) is 0 Å². The predicted molar refractivity (Wildman–Crippen MR) is 83.7 cm³/mol. The molecule has 1 aliphatic carbocycles. The summed E-state index contributed by atoms with van der Waals surface area (Å²) < 4.78 is 23.8. The molecule has 0 amide bonds. The zero-order valence-electron chi connectivity index (χ0n) is 13.0. The van der Waals surface area contributed by atoms with Crippen molar-refractivity contribution in [3.8, 4) is 0 Å². The highest BCUT2D eigenvalue weighted by atomic mass is 32.2. The first-order chi connectivity index (χ1) is 9.55. The third-order valence-corrected chi connectivity index (χ3v) is 6.42. The van der Waals surface area contributed by atoms with Gasteiger partial charge in [0.05, 0.1) is 5.75 Å². The van der Waals surface area contributed by atoms with Gasteiger partial charge in [-0.15, -0.1) is 0 Å². The molecule has 5 heteroatoms. The lowest BCUT2D eigenvalue weighted by molar-refractivity contribution is 0.122. The van der Waals surface area contributed by atoms with Crippen molar-refractivity contribution in [3.63, 3.8) is 0 Å². The number of sulfone groups is 1. The Labute approximate surface area is 124 Å². The van der Waals surface area contributed by atoms with Gasteiger partial charge >= 0.3 is 0 Å². The Morgan fingerprint density at radius 1 is 1.15 bits per heavy atom. The Bertz CT molecular complexity index is 393. The fourth-order valence-corrected chi connectivity index (χ4v) is 4.60. The van der Waals surface area contributed by atoms with E-state index in [4.69, 9.17) is 0 Å². The summed E-state index contributed by atoms with van der Waals surface area (Å²) in [6.45, 7) is 6.93. The molecule has 4 nitrogen and oxygen atoms in total. The van der Waals surface area contributed by atoms with E-state index in [1.54, 1.807) is 0 Å². The summed E-state index contributed by atoms with van der Waals surface area (Å²) in [5, 5.41) is 3.68. The van der Waals surface area contributed by atoms with Crippen LogP contribution in [-0.2, 0) is 9.84 Å². The number of hydrogen-bond donors (Lipinski definition) is 1. The van der Waals surface area contributed by atoms with E-state index >= 15 is 0 Å². The molecule has 0 bridgehead atoms. The first-order valence-corrected chi connectivity index (χ1v) is 10.1. The van der Waals surface area contributed by atoms with E-state index in [0.29, 0.717) is 23.6 Å². The highest BCUT2D eigenvalue weighted by Gasteiger charge is 2.36. The third kappa shape index (κ3) is 4.71. The summed E-state index contributed by atoms with van der Waals surface area (Å²) in [5.41, 5.74) is 0. The molecule has 1 saturated heterocycles. The lowest BCUT2D eigenvalue weighted by Crippen LogP contribution is -2.58. The Hall–Kier alpha value is -0.130. The Morgan fingerprint density at radius 3 is 2.50 bits per heavy atom. The van der Waals surface area contributed by atoms with E-state index in [0.717, 1.165) is 38.4 Å². The molecule has 2 rings (SSSR count). The molecular weight excluding hydrogens is 272 g/mol. The average molecular weight is 302 g/mol. The van der Waals surface area contributed by atoms with Crippen LogP contribution in [0.5, 0.6) is 0 Å². The van der Waals surface area contributed by atoms with Gasteiger partial charge in [-0.2, -0.15) is 0 Å². The van der Waals surface area contributed by atoms with E-state index in [1.165, 1.54) is 19.3 Å². The molecular formula is C15H30N2O2S. The normalized spacial score (nSPS) is 28.7. The summed E-state index contributed by atoms with van der Waals surface area (Å²) in [6, 6.07) is 1.11. The Kier molecular flexibility index (Phi) is 5.87. The van der Waals surface area contributed by atoms with Gasteiger partial charge in [-0.1, -0.05) is 20.3 Å². The zero-order valence-corrected chi connectivity index (χ0v) is 13.8. The summed E-state index contributed by atoms with van der Waals surface area (Å²) in [7, 11) is -2.85. The maximum Gasteiger partial charge on any atom is 0.151 e. The SMILES string of the molecule is CCCC1CNC(C2CC2)CN1CCS(=O)(=O)CCC. The number of nitrogens with one attached hydrogen (secondary N) is 1. The van der Waals surface area contributed by atoms with Gasteiger partial charge in [0, 0.05) is 37.5 Å². The second kappa shape index (κ2) is 7.23. The quantitative estimate of drug-likeness (QED) is 0.741. The van der Waals surface area contributed by atoms with Gasteiger partial charge < -0.3 is 5.32 Å². The van der Waals surface area contributed by atoms with Gasteiger partial charge in [0.25, 0.3) is 0 Å². The molecule has 0 aromatic rings. The van der Waals surface area contributed by atoms with Crippen LogP contribution in [0.4, 0.5) is 0 Å². The van der Waals surface area contributed by atoms with Crippen LogP contribution < -0.4 is 5.32 Å². The summed E-state index contributed by atoms with van der Waals surface area (Å²) in [5.74, 6) is 1.51. The fourth-order valence-electron chi connectivity index (χ4n) is 3.26. The molecule has 0 spiro atoms. The van der Waals surface area contributed by atoms with E-state index in [9.17, 15) is 8.42 Å². The van der Waals surface area contributed by atoms with Crippen molar-refractivity contribution < 1.29 is 8.42 Å². The van der Waals surface area contributed by atoms with Crippen molar-refractivity contribution >= 4 is 9.84 Å². The van der Waals surface area contributed by atoms with Gasteiger partial charge in [-0.25, -0.2) is 8.42 Å². The maximum absolute atomic E-state index is 11.9. The van der Waals surface area contributed by atoms with Gasteiger partial charge in [-0.3, -0.25) is 4.90 Å². The van der Waals surface area contributed by atoms with Gasteiger partial charge in [0.15, 0.2) is 9.84 Å². The van der Waals surface area contributed by atoms with Crippen molar-refractivity contribution in [1.29, 1.82) is 0 Å². The van der Waals surface area contributed by atoms with Crippen LogP contribution in [0.25, 0.3) is 0 Å². The van der Waals surface area contributed by atoms with Gasteiger partial charge in [-0.05, 0) is 31.6 Å². The van der Waals surface area contributed by atoms with Crippen LogP contribution in [0.3, 0.4) is 0 Å². The first kappa shape index (κ1) is 16.2. The molecule has 1 aliphatic heterocycles. The van der Waals surface area contributed by atoms with E-state index in [-0.39, 0.29) is 0 Å². The molecule has 2 aliphatic rings. The Morgan fingerprint density at radius 2 is 1.90 bits per heavy atom. The lowest BCUT2D eigenvalue weighted by Gasteiger charge is -2.40. The topological polar surface area (TPSA) is 49.4 Å². The maximum atomic E-state index is 11.9. The molecule has 2 fully saturated rings. The highest BCUT2D eigenvalue weighted by Crippen LogP contribution is 2.34. The van der Waals surface area contributed by atoms with Crippen LogP contribution >= 0.6 is 0 Å². The summed E-state index contributed by atoms with van der Waals surface area (Å²) >= 11 is 0. The zero-order chi connectivity index (χ0) is 14.6. The monoisotopic (exact) mass is 302 g/mol. The van der Waals surface area contributed by atoms with Gasteiger partial charge in [0.2, 0.25) is 0 Å². The predicted octanol–water partition coefficient (Wildman–Crippen LogP) is 1.66. The molecule has 1 heterocycles. The number of piperazine rings is 1. The molecule has 1 saturated carbocycles. The minimum atomic E-state index is -2.85. The number of rotatable bonds is 8. The second-order valence-electron chi connectivity index (χ2n) is 6.44. The van der Waals surface area contributed by atoms with Crippen LogP contribution in [0.15, 0.2) is 0 Å². The number of hydrogen-bond acceptors (Lipinski definition) is 4. The molecule has 0 aromatic carbocycles. The molecule has 118 valence electrons. The average Bonchev–Trinajstić information content (AvgIpc) is 3.22. The molecule has 20 heavy (non-hydrogen) atoms. The molecule has 0 aromatic heterocycles. The molecule has 2 atom stereocenters. The largest absolute Gasteiger partial charge is 0.311 e. The van der Waals surface area contributed by atoms with Crippen molar-refractivity contribution in [2.75, 3.05) is 31.1 Å². The number of nitrogens with zero attached hydrogens (tertiary/aromatic N) is 1. The van der Waals surface area contributed by atoms with Crippen molar-refractivity contribution in [1.82, 2.24) is 10.2 Å². The molecule has 1 N–H and O–H groups in total. The van der Waals surface area contributed by atoms with Crippen LogP contribution in [0, 0.1) is 5.92 Å². The minimum absolute atomic E-state index is 0.332. The standard InChI is InChI=1S/C15H30N2O2S/c1-3-5-14-11-16-15(13-6-7-13)12-17(14)8-10-20(18,19)9-4-2/h13-16H,3-12H2,1-2H3. The highest BCUT2D eigenvalue weighted by molar-refractivity contribution is 7.91. The Balaban J connectivity index is 1.89. The van der Waals surface area contributed by atoms with E-state index < -0.39 is 9.84 Å². The van der Waals surface area contributed by atoms with Crippen LogP contribution in [0.2, 0.25) is 0 Å². The van der Waals surface area contributed by atoms with Crippen molar-refractivity contribution in [3.05, 3.63) is 0 Å². The third-order valence-electron chi connectivity index (χ3n) is 4.58.